The molecule has 1 unspecified atom stereocenters. The summed E-state index contributed by atoms with van der Waals surface area (Å²) in [5.41, 5.74) is 3.44. The van der Waals surface area contributed by atoms with E-state index in [1.54, 1.807) is 0 Å². The summed E-state index contributed by atoms with van der Waals surface area (Å²) in [6.45, 7) is 3.91. The van der Waals surface area contributed by atoms with E-state index in [9.17, 15) is 0 Å². The minimum Gasteiger partial charge on any atom is -0.402 e. The van der Waals surface area contributed by atoms with Crippen LogP contribution >= 0.6 is 0 Å². The van der Waals surface area contributed by atoms with Crippen LogP contribution in [0.5, 0.6) is 0 Å². The van der Waals surface area contributed by atoms with Crippen LogP contribution in [-0.4, -0.2) is 0 Å². The molecular weight excluding hydrogens is 146 g/mol. The third kappa shape index (κ3) is 0.990. The van der Waals surface area contributed by atoms with Gasteiger partial charge in [0.05, 0.1) is 0 Å². The molecule has 0 radical (unpaired) electrons. The first-order valence-electron chi connectivity index (χ1n) is 3.95. The molecule has 0 fully saturated rings. The second kappa shape index (κ2) is 2.61. The molecule has 0 spiro atoms. The van der Waals surface area contributed by atoms with Crippen molar-refractivity contribution in [3.05, 3.63) is 55.2 Å². The van der Waals surface area contributed by atoms with Gasteiger partial charge in [0.1, 0.15) is 11.4 Å². The first-order valence-corrected chi connectivity index (χ1v) is 3.95. The van der Waals surface area contributed by atoms with Gasteiger partial charge in [-0.05, 0) is 30.9 Å². The quantitative estimate of drug-likeness (QED) is 0.545. The monoisotopic (exact) mass is 157 g/mol. The summed E-state index contributed by atoms with van der Waals surface area (Å²) in [6, 6.07) is 8.22. The Morgan fingerprint density at radius 1 is 1.17 bits per heavy atom. The molecule has 0 bridgehead atoms. The Balaban J connectivity index is 2.59. The van der Waals surface area contributed by atoms with E-state index in [1.165, 1.54) is 11.3 Å². The van der Waals surface area contributed by atoms with Gasteiger partial charge in [0.2, 0.25) is 0 Å². The van der Waals surface area contributed by atoms with Crippen LogP contribution in [0.3, 0.4) is 0 Å². The van der Waals surface area contributed by atoms with E-state index in [0.29, 0.717) is 0 Å². The molecule has 60 valence electrons. The van der Waals surface area contributed by atoms with E-state index < -0.39 is 0 Å². The van der Waals surface area contributed by atoms with Gasteiger partial charge in [-0.2, -0.15) is 0 Å². The predicted molar refractivity (Wildman–Crippen MR) is 50.6 cm³/mol. The molecule has 0 saturated carbocycles. The van der Waals surface area contributed by atoms with Crippen molar-refractivity contribution in [1.82, 2.24) is 0 Å². The lowest BCUT2D eigenvalue weighted by molar-refractivity contribution is -0.733. The van der Waals surface area contributed by atoms with Crippen molar-refractivity contribution in [3.8, 4) is 0 Å². The summed E-state index contributed by atoms with van der Waals surface area (Å²) in [6.07, 6.45) is 4.08. The fourth-order valence-corrected chi connectivity index (χ4v) is 1.38. The molecule has 1 nitrogen and oxygen atoms in total. The van der Waals surface area contributed by atoms with Gasteiger partial charge in [-0.1, -0.05) is 12.1 Å². The van der Waals surface area contributed by atoms with Gasteiger partial charge in [0.15, 0.2) is 0 Å². The van der Waals surface area contributed by atoms with Crippen LogP contribution in [0.25, 0.3) is 6.08 Å². The van der Waals surface area contributed by atoms with Crippen molar-refractivity contribution in [2.75, 3.05) is 0 Å². The highest BCUT2D eigenvalue weighted by molar-refractivity contribution is 5.64. The normalized spacial score (nSPS) is 20.8. The molecule has 2 rings (SSSR count). The maximum atomic E-state index is 3.99. The number of nitrogens with one attached hydrogen (secondary N) is 1. The van der Waals surface area contributed by atoms with Gasteiger partial charge < -0.3 is 4.90 Å². The maximum Gasteiger partial charge on any atom is 0.117 e. The SMILES string of the molecule is C=C1C=Cc2ccccc2[NH+]1[CH2-]. The molecule has 1 heteroatoms. The van der Waals surface area contributed by atoms with Crippen LogP contribution in [0.2, 0.25) is 0 Å². The number of hydrogen-bond acceptors (Lipinski definition) is 0. The van der Waals surface area contributed by atoms with Gasteiger partial charge in [-0.15, -0.1) is 7.05 Å². The molecule has 1 heterocycles. The van der Waals surface area contributed by atoms with Crippen molar-refractivity contribution in [3.63, 3.8) is 0 Å². The Morgan fingerprint density at radius 3 is 2.75 bits per heavy atom. The Morgan fingerprint density at radius 2 is 1.92 bits per heavy atom. The number of hydrogen-bond donors (Lipinski definition) is 1. The van der Waals surface area contributed by atoms with Gasteiger partial charge in [0.25, 0.3) is 0 Å². The second-order valence-corrected chi connectivity index (χ2v) is 2.92. The van der Waals surface area contributed by atoms with Crippen molar-refractivity contribution in [1.29, 1.82) is 0 Å². The average Bonchev–Trinajstić information content (AvgIpc) is 2.12. The Hall–Kier alpha value is -1.34. The minimum absolute atomic E-state index is 1.01. The number of rotatable bonds is 0. The lowest BCUT2D eigenvalue weighted by atomic mass is 10.1. The average molecular weight is 157 g/mol. The summed E-state index contributed by atoms with van der Waals surface area (Å²) in [4.78, 5) is 1.04. The number of fused-ring (bicyclic) bond motifs is 1. The fraction of sp³-hybridized carbons (Fsp3) is 0. The number of quaternary nitrogens is 1. The predicted octanol–water partition coefficient (Wildman–Crippen LogP) is 1.54. The Kier molecular flexibility index (Phi) is 1.59. The fourth-order valence-electron chi connectivity index (χ4n) is 1.38. The zero-order valence-electron chi connectivity index (χ0n) is 6.88. The van der Waals surface area contributed by atoms with Crippen molar-refractivity contribution in [2.24, 2.45) is 0 Å². The van der Waals surface area contributed by atoms with E-state index in [2.05, 4.69) is 31.8 Å². The third-order valence-electron chi connectivity index (χ3n) is 2.14. The van der Waals surface area contributed by atoms with Gasteiger partial charge in [-0.25, -0.2) is 0 Å². The van der Waals surface area contributed by atoms with E-state index in [1.807, 2.05) is 18.2 Å². The van der Waals surface area contributed by atoms with Crippen LogP contribution in [0.4, 0.5) is 5.69 Å². The molecule has 0 aliphatic carbocycles. The molecule has 12 heavy (non-hydrogen) atoms. The summed E-state index contributed by atoms with van der Waals surface area (Å²) in [7, 11) is 3.99. The number of allylic oxidation sites excluding steroid dienone is 1. The molecule has 0 saturated heterocycles. The van der Waals surface area contributed by atoms with Crippen molar-refractivity contribution < 1.29 is 4.90 Å². The highest BCUT2D eigenvalue weighted by Gasteiger charge is 2.11. The Labute approximate surface area is 72.6 Å². The van der Waals surface area contributed by atoms with Crippen LogP contribution in [0.1, 0.15) is 5.56 Å². The molecular formula is C11H11N. The molecule has 1 aliphatic rings. The zero-order valence-corrected chi connectivity index (χ0v) is 6.88. The summed E-state index contributed by atoms with van der Waals surface area (Å²) in [5, 5.41) is 0. The second-order valence-electron chi connectivity index (χ2n) is 2.92. The summed E-state index contributed by atoms with van der Waals surface area (Å²) < 4.78 is 0. The first kappa shape index (κ1) is 7.32. The van der Waals surface area contributed by atoms with E-state index in [0.717, 1.165) is 10.6 Å². The van der Waals surface area contributed by atoms with Gasteiger partial charge in [0, 0.05) is 5.56 Å². The van der Waals surface area contributed by atoms with Crippen molar-refractivity contribution >= 4 is 11.8 Å². The van der Waals surface area contributed by atoms with Crippen LogP contribution in [-0.2, 0) is 0 Å². The van der Waals surface area contributed by atoms with Crippen LogP contribution in [0, 0.1) is 7.05 Å². The molecule has 1 N–H and O–H groups in total. The summed E-state index contributed by atoms with van der Waals surface area (Å²) >= 11 is 0. The lowest BCUT2D eigenvalue weighted by Gasteiger charge is -2.24. The molecule has 1 aromatic carbocycles. The highest BCUT2D eigenvalue weighted by Crippen LogP contribution is 2.16. The minimum atomic E-state index is 1.01. The summed E-state index contributed by atoms with van der Waals surface area (Å²) in [5.74, 6) is 0. The first-order chi connectivity index (χ1) is 5.79. The molecule has 0 aromatic heterocycles. The lowest BCUT2D eigenvalue weighted by Crippen LogP contribution is -2.99. The van der Waals surface area contributed by atoms with Crippen LogP contribution < -0.4 is 4.90 Å². The van der Waals surface area contributed by atoms with Gasteiger partial charge >= 0.3 is 0 Å². The molecule has 1 aromatic rings. The smallest absolute Gasteiger partial charge is 0.117 e. The van der Waals surface area contributed by atoms with E-state index in [-0.39, 0.29) is 0 Å². The van der Waals surface area contributed by atoms with Crippen molar-refractivity contribution in [2.45, 2.75) is 0 Å². The molecule has 1 aliphatic heterocycles. The standard InChI is InChI=1S/C11H11N/c1-9-7-8-10-5-3-4-6-11(10)12(9)2/h3-8,12H,1-2H2. The zero-order chi connectivity index (χ0) is 8.55. The maximum absolute atomic E-state index is 3.99. The topological polar surface area (TPSA) is 4.44 Å². The van der Waals surface area contributed by atoms with E-state index >= 15 is 0 Å². The third-order valence-corrected chi connectivity index (χ3v) is 2.14. The molecule has 1 atom stereocenters. The largest absolute Gasteiger partial charge is 0.402 e. The Bertz CT molecular complexity index is 350. The number of para-hydroxylation sites is 1. The highest BCUT2D eigenvalue weighted by atomic mass is 15.1. The molecule has 0 amide bonds. The van der Waals surface area contributed by atoms with Crippen LogP contribution in [0.15, 0.2) is 42.6 Å². The van der Waals surface area contributed by atoms with E-state index in [4.69, 9.17) is 0 Å². The van der Waals surface area contributed by atoms with Gasteiger partial charge in [-0.3, -0.25) is 0 Å². The number of benzene rings is 1.